The molecule has 18 heavy (non-hydrogen) atoms. The highest BCUT2D eigenvalue weighted by molar-refractivity contribution is 5.74. The Labute approximate surface area is 103 Å². The van der Waals surface area contributed by atoms with Crippen LogP contribution in [0.4, 0.5) is 13.2 Å². The van der Waals surface area contributed by atoms with E-state index in [1.807, 2.05) is 6.92 Å². The third kappa shape index (κ3) is 4.03. The maximum atomic E-state index is 12.6. The first-order chi connectivity index (χ1) is 8.34. The van der Waals surface area contributed by atoms with E-state index < -0.39 is 23.7 Å². The van der Waals surface area contributed by atoms with Crippen LogP contribution < -0.4 is 11.1 Å². The van der Waals surface area contributed by atoms with Crippen molar-refractivity contribution < 1.29 is 18.0 Å². The molecule has 6 heteroatoms. The lowest BCUT2D eigenvalue weighted by Gasteiger charge is -2.18. The van der Waals surface area contributed by atoms with Gasteiger partial charge in [-0.15, -0.1) is 0 Å². The van der Waals surface area contributed by atoms with E-state index in [2.05, 4.69) is 5.32 Å². The summed E-state index contributed by atoms with van der Waals surface area (Å²) in [5.74, 6) is -0.557. The van der Waals surface area contributed by atoms with Crippen LogP contribution >= 0.6 is 0 Å². The molecule has 0 bridgehead atoms. The van der Waals surface area contributed by atoms with Gasteiger partial charge in [-0.05, 0) is 24.2 Å². The molecule has 3 nitrogen and oxygen atoms in total. The van der Waals surface area contributed by atoms with Crippen LogP contribution in [0.2, 0.25) is 0 Å². The van der Waals surface area contributed by atoms with Crippen LogP contribution in [0.1, 0.15) is 30.5 Å². The molecule has 100 valence electrons. The lowest BCUT2D eigenvalue weighted by molar-refractivity contribution is -0.137. The lowest BCUT2D eigenvalue weighted by Crippen LogP contribution is -2.26. The molecule has 1 rings (SSSR count). The van der Waals surface area contributed by atoms with Crippen molar-refractivity contribution in [2.24, 2.45) is 5.73 Å². The zero-order valence-electron chi connectivity index (χ0n) is 9.92. The lowest BCUT2D eigenvalue weighted by atomic mass is 10.0. The first-order valence-corrected chi connectivity index (χ1v) is 5.53. The smallest absolute Gasteiger partial charge is 0.370 e. The Bertz CT molecular complexity index is 418. The van der Waals surface area contributed by atoms with Crippen LogP contribution in [0.3, 0.4) is 0 Å². The highest BCUT2D eigenvalue weighted by Crippen LogP contribution is 2.31. The summed E-state index contributed by atoms with van der Waals surface area (Å²) in [5, 5.41) is 2.94. The Hall–Kier alpha value is -1.56. The first kappa shape index (κ1) is 14.5. The van der Waals surface area contributed by atoms with Crippen LogP contribution in [-0.2, 0) is 11.0 Å². The number of carbonyl (C=O) groups excluding carboxylic acids is 1. The second-order valence-electron chi connectivity index (χ2n) is 3.90. The number of amides is 1. The fraction of sp³-hybridized carbons (Fsp3) is 0.417. The highest BCUT2D eigenvalue weighted by Gasteiger charge is 2.31. The summed E-state index contributed by atoms with van der Waals surface area (Å²) >= 11 is 0. The standard InChI is InChI=1S/C12H15F3N2O/c1-2-17-10(7-11(16)18)8-4-3-5-9(6-8)12(13,14)15/h3-6,10,17H,2,7H2,1H3,(H2,16,18). The number of hydrogen-bond acceptors (Lipinski definition) is 2. The Morgan fingerprint density at radius 1 is 1.44 bits per heavy atom. The molecule has 0 heterocycles. The summed E-state index contributed by atoms with van der Waals surface area (Å²) in [5.41, 5.74) is 4.76. The number of alkyl halides is 3. The molecular formula is C12H15F3N2O. The molecule has 3 N–H and O–H groups in total. The molecule has 0 spiro atoms. The van der Waals surface area contributed by atoms with E-state index >= 15 is 0 Å². The SMILES string of the molecule is CCNC(CC(N)=O)c1cccc(C(F)(F)F)c1. The van der Waals surface area contributed by atoms with Crippen molar-refractivity contribution in [1.82, 2.24) is 5.32 Å². The molecule has 0 aromatic heterocycles. The topological polar surface area (TPSA) is 55.1 Å². The Kier molecular flexibility index (Phi) is 4.72. The quantitative estimate of drug-likeness (QED) is 0.853. The predicted molar refractivity (Wildman–Crippen MR) is 61.7 cm³/mol. The van der Waals surface area contributed by atoms with E-state index in [0.717, 1.165) is 12.1 Å². The van der Waals surface area contributed by atoms with Gasteiger partial charge in [-0.25, -0.2) is 0 Å². The normalized spacial score (nSPS) is 13.3. The van der Waals surface area contributed by atoms with E-state index in [9.17, 15) is 18.0 Å². The number of nitrogens with one attached hydrogen (secondary N) is 1. The molecular weight excluding hydrogens is 245 g/mol. The van der Waals surface area contributed by atoms with E-state index in [4.69, 9.17) is 5.73 Å². The Morgan fingerprint density at radius 3 is 2.61 bits per heavy atom. The fourth-order valence-electron chi connectivity index (χ4n) is 1.69. The van der Waals surface area contributed by atoms with Crippen LogP contribution in [0.5, 0.6) is 0 Å². The highest BCUT2D eigenvalue weighted by atomic mass is 19.4. The Morgan fingerprint density at radius 2 is 2.11 bits per heavy atom. The molecule has 1 atom stereocenters. The molecule has 0 saturated heterocycles. The summed E-state index contributed by atoms with van der Waals surface area (Å²) in [6, 6.07) is 4.41. The van der Waals surface area contributed by atoms with E-state index in [1.165, 1.54) is 6.07 Å². The molecule has 0 aliphatic heterocycles. The summed E-state index contributed by atoms with van der Waals surface area (Å²) in [6.45, 7) is 2.34. The maximum absolute atomic E-state index is 12.6. The van der Waals surface area contributed by atoms with Gasteiger partial charge in [-0.2, -0.15) is 13.2 Å². The van der Waals surface area contributed by atoms with Gasteiger partial charge in [-0.3, -0.25) is 4.79 Å². The number of rotatable bonds is 5. The van der Waals surface area contributed by atoms with Crippen molar-refractivity contribution in [3.8, 4) is 0 Å². The Balaban J connectivity index is 3.01. The number of benzene rings is 1. The minimum atomic E-state index is -4.39. The first-order valence-electron chi connectivity index (χ1n) is 5.53. The minimum Gasteiger partial charge on any atom is -0.370 e. The molecule has 0 aliphatic rings. The maximum Gasteiger partial charge on any atom is 0.416 e. The molecule has 0 fully saturated rings. The molecule has 0 radical (unpaired) electrons. The zero-order valence-corrected chi connectivity index (χ0v) is 9.92. The third-order valence-electron chi connectivity index (χ3n) is 2.47. The summed E-state index contributed by atoms with van der Waals surface area (Å²) in [4.78, 5) is 10.9. The van der Waals surface area contributed by atoms with Crippen molar-refractivity contribution in [3.05, 3.63) is 35.4 Å². The molecule has 1 aromatic carbocycles. The summed E-state index contributed by atoms with van der Waals surface area (Å²) in [7, 11) is 0. The van der Waals surface area contributed by atoms with Gasteiger partial charge in [0.2, 0.25) is 5.91 Å². The van der Waals surface area contributed by atoms with E-state index in [-0.39, 0.29) is 6.42 Å². The van der Waals surface area contributed by atoms with Crippen molar-refractivity contribution in [2.45, 2.75) is 25.6 Å². The molecule has 1 unspecified atom stereocenters. The van der Waals surface area contributed by atoms with Crippen LogP contribution in [0, 0.1) is 0 Å². The van der Waals surface area contributed by atoms with Gasteiger partial charge < -0.3 is 11.1 Å². The number of nitrogens with two attached hydrogens (primary N) is 1. The molecule has 1 aromatic rings. The van der Waals surface area contributed by atoms with Crippen LogP contribution in [0.25, 0.3) is 0 Å². The van der Waals surface area contributed by atoms with E-state index in [1.54, 1.807) is 6.07 Å². The number of halogens is 3. The predicted octanol–water partition coefficient (Wildman–Crippen LogP) is 2.23. The molecule has 0 saturated carbocycles. The average molecular weight is 260 g/mol. The van der Waals surface area contributed by atoms with Crippen molar-refractivity contribution in [3.63, 3.8) is 0 Å². The second kappa shape index (κ2) is 5.86. The molecule has 0 aliphatic carbocycles. The minimum absolute atomic E-state index is 0.0326. The number of carbonyl (C=O) groups is 1. The van der Waals surface area contributed by atoms with Gasteiger partial charge >= 0.3 is 6.18 Å². The van der Waals surface area contributed by atoms with Crippen LogP contribution in [-0.4, -0.2) is 12.5 Å². The van der Waals surface area contributed by atoms with E-state index in [0.29, 0.717) is 12.1 Å². The van der Waals surface area contributed by atoms with Crippen molar-refractivity contribution in [2.75, 3.05) is 6.54 Å². The van der Waals surface area contributed by atoms with Gasteiger partial charge in [0.15, 0.2) is 0 Å². The second-order valence-corrected chi connectivity index (χ2v) is 3.90. The number of primary amides is 1. The zero-order chi connectivity index (χ0) is 13.8. The summed E-state index contributed by atoms with van der Waals surface area (Å²) in [6.07, 6.45) is -4.42. The van der Waals surface area contributed by atoms with Gasteiger partial charge in [0.25, 0.3) is 0 Å². The average Bonchev–Trinajstić information content (AvgIpc) is 2.27. The van der Waals surface area contributed by atoms with Gasteiger partial charge in [0.1, 0.15) is 0 Å². The van der Waals surface area contributed by atoms with Crippen LogP contribution in [0.15, 0.2) is 24.3 Å². The van der Waals surface area contributed by atoms with Gasteiger partial charge in [0.05, 0.1) is 5.56 Å². The third-order valence-corrected chi connectivity index (χ3v) is 2.47. The van der Waals surface area contributed by atoms with Crippen molar-refractivity contribution in [1.29, 1.82) is 0 Å². The molecule has 1 amide bonds. The van der Waals surface area contributed by atoms with Gasteiger partial charge in [0, 0.05) is 12.5 Å². The number of hydrogen-bond donors (Lipinski definition) is 2. The fourth-order valence-corrected chi connectivity index (χ4v) is 1.69. The largest absolute Gasteiger partial charge is 0.416 e. The van der Waals surface area contributed by atoms with Crippen molar-refractivity contribution >= 4 is 5.91 Å². The monoisotopic (exact) mass is 260 g/mol. The summed E-state index contributed by atoms with van der Waals surface area (Å²) < 4.78 is 37.7. The van der Waals surface area contributed by atoms with Gasteiger partial charge in [-0.1, -0.05) is 19.1 Å².